The first-order valence-corrected chi connectivity index (χ1v) is 15.0. The van der Waals surface area contributed by atoms with E-state index < -0.39 is 0 Å². The van der Waals surface area contributed by atoms with Crippen LogP contribution in [0.3, 0.4) is 0 Å². The quantitative estimate of drug-likeness (QED) is 0.206. The van der Waals surface area contributed by atoms with E-state index >= 15 is 0 Å². The molecule has 0 spiro atoms. The summed E-state index contributed by atoms with van der Waals surface area (Å²) >= 11 is 0. The Morgan fingerprint density at radius 2 is 0.911 bits per heavy atom. The number of pyridine rings is 2. The maximum atomic E-state index is 6.00. The molecule has 1 aliphatic carbocycles. The molecule has 6 heteroatoms. The summed E-state index contributed by atoms with van der Waals surface area (Å²) in [6.45, 7) is 4.63. The van der Waals surface area contributed by atoms with Gasteiger partial charge in [-0.2, -0.15) is 9.97 Å². The second kappa shape index (κ2) is 9.56. The molecule has 0 aliphatic heterocycles. The van der Waals surface area contributed by atoms with Crippen molar-refractivity contribution in [3.63, 3.8) is 0 Å². The maximum absolute atomic E-state index is 6.00. The Morgan fingerprint density at radius 3 is 1.38 bits per heavy atom. The van der Waals surface area contributed by atoms with E-state index in [-0.39, 0.29) is 5.41 Å². The summed E-state index contributed by atoms with van der Waals surface area (Å²) in [4.78, 5) is 17.8. The molecule has 0 fully saturated rings. The molecule has 1 aliphatic rings. The molecule has 0 unspecified atom stereocenters. The summed E-state index contributed by atoms with van der Waals surface area (Å²) in [5.41, 5.74) is 14.0. The number of rotatable bonds is 4. The highest BCUT2D eigenvalue weighted by atomic mass is 16.4. The summed E-state index contributed by atoms with van der Waals surface area (Å²) in [6.07, 6.45) is 3.46. The fraction of sp³-hybridized carbons (Fsp3) is 0.0769. The van der Waals surface area contributed by atoms with Crippen molar-refractivity contribution in [1.82, 2.24) is 19.9 Å². The van der Waals surface area contributed by atoms with E-state index in [0.717, 1.165) is 33.4 Å². The zero-order chi connectivity index (χ0) is 30.1. The van der Waals surface area contributed by atoms with Crippen LogP contribution in [-0.2, 0) is 5.41 Å². The predicted molar refractivity (Wildman–Crippen MR) is 176 cm³/mol. The highest BCUT2D eigenvalue weighted by Gasteiger charge is 2.36. The second-order valence-electron chi connectivity index (χ2n) is 12.0. The van der Waals surface area contributed by atoms with Crippen LogP contribution in [0.5, 0.6) is 0 Å². The topological polar surface area (TPSA) is 77.8 Å². The lowest BCUT2D eigenvalue weighted by Crippen LogP contribution is -2.15. The molecular weight excluding hydrogens is 556 g/mol. The maximum Gasteiger partial charge on any atom is 0.228 e. The summed E-state index contributed by atoms with van der Waals surface area (Å²) in [5.74, 6) is 1.15. The van der Waals surface area contributed by atoms with Gasteiger partial charge in [0.2, 0.25) is 11.8 Å². The van der Waals surface area contributed by atoms with Crippen LogP contribution in [0.4, 0.5) is 0 Å². The summed E-state index contributed by atoms with van der Waals surface area (Å²) in [6, 6.07) is 37.8. The number of fused-ring (bicyclic) bond motifs is 5. The highest BCUT2D eigenvalue weighted by Crippen LogP contribution is 2.50. The molecule has 0 radical (unpaired) electrons. The van der Waals surface area contributed by atoms with Crippen LogP contribution in [-0.4, -0.2) is 19.9 Å². The Bertz CT molecular complexity index is 2200. The third-order valence-corrected chi connectivity index (χ3v) is 8.89. The molecule has 0 saturated carbocycles. The third kappa shape index (κ3) is 4.10. The first-order chi connectivity index (χ1) is 22.0. The van der Waals surface area contributed by atoms with E-state index in [1.807, 2.05) is 36.4 Å². The Balaban J connectivity index is 1.06. The van der Waals surface area contributed by atoms with Gasteiger partial charge in [-0.25, -0.2) is 9.97 Å². The molecule has 4 aromatic heterocycles. The first-order valence-electron chi connectivity index (χ1n) is 15.0. The van der Waals surface area contributed by atoms with Crippen LogP contribution in [0.1, 0.15) is 25.0 Å². The number of benzene rings is 4. The van der Waals surface area contributed by atoms with E-state index in [1.54, 1.807) is 12.4 Å². The zero-order valence-electron chi connectivity index (χ0n) is 24.7. The summed E-state index contributed by atoms with van der Waals surface area (Å²) < 4.78 is 12.0. The minimum absolute atomic E-state index is 0.177. The lowest BCUT2D eigenvalue weighted by molar-refractivity contribution is 0.619. The number of oxazole rings is 2. The van der Waals surface area contributed by atoms with Gasteiger partial charge in [0.05, 0.1) is 0 Å². The van der Waals surface area contributed by atoms with Crippen molar-refractivity contribution < 1.29 is 8.83 Å². The van der Waals surface area contributed by atoms with Crippen LogP contribution < -0.4 is 0 Å². The predicted octanol–water partition coefficient (Wildman–Crippen LogP) is 9.73. The molecule has 8 aromatic rings. The van der Waals surface area contributed by atoms with Gasteiger partial charge in [-0.05, 0) is 105 Å². The average molecular weight is 583 g/mol. The lowest BCUT2D eigenvalue weighted by Gasteiger charge is -2.22. The molecule has 0 bridgehead atoms. The molecule has 0 N–H and O–H groups in total. The van der Waals surface area contributed by atoms with E-state index in [4.69, 9.17) is 8.83 Å². The van der Waals surface area contributed by atoms with E-state index in [1.165, 1.54) is 22.3 Å². The molecule has 4 aromatic carbocycles. The van der Waals surface area contributed by atoms with Gasteiger partial charge in [0.25, 0.3) is 0 Å². The van der Waals surface area contributed by atoms with E-state index in [2.05, 4.69) is 107 Å². The van der Waals surface area contributed by atoms with Crippen molar-refractivity contribution in [1.29, 1.82) is 0 Å². The number of hydrogen-bond acceptors (Lipinski definition) is 6. The van der Waals surface area contributed by atoms with Gasteiger partial charge in [-0.15, -0.1) is 0 Å². The van der Waals surface area contributed by atoms with Gasteiger partial charge in [0, 0.05) is 28.9 Å². The van der Waals surface area contributed by atoms with Crippen molar-refractivity contribution in [3.8, 4) is 56.3 Å². The van der Waals surface area contributed by atoms with Gasteiger partial charge in [0.15, 0.2) is 22.5 Å². The lowest BCUT2D eigenvalue weighted by atomic mass is 9.80. The van der Waals surface area contributed by atoms with Gasteiger partial charge in [-0.1, -0.05) is 62.4 Å². The normalized spacial score (nSPS) is 13.3. The Labute approximate surface area is 259 Å². The molecule has 45 heavy (non-hydrogen) atoms. The molecule has 0 saturated heterocycles. The fourth-order valence-electron chi connectivity index (χ4n) is 6.55. The van der Waals surface area contributed by atoms with Crippen LogP contribution in [0.25, 0.3) is 78.7 Å². The Morgan fingerprint density at radius 1 is 0.467 bits per heavy atom. The highest BCUT2D eigenvalue weighted by molar-refractivity contribution is 5.87. The first kappa shape index (κ1) is 25.6. The van der Waals surface area contributed by atoms with Crippen molar-refractivity contribution >= 4 is 22.5 Å². The van der Waals surface area contributed by atoms with E-state index in [0.29, 0.717) is 34.2 Å². The fourth-order valence-corrected chi connectivity index (χ4v) is 6.55. The third-order valence-electron chi connectivity index (χ3n) is 8.89. The van der Waals surface area contributed by atoms with Crippen molar-refractivity contribution in [2.45, 2.75) is 19.3 Å². The monoisotopic (exact) mass is 582 g/mol. The minimum Gasteiger partial charge on any atom is -0.434 e. The standard InChI is InChI=1S/C39H26N4O2/c1-39(2)31-21-25(23-7-3-9-27(19-23)37-42-35-33(44-37)11-5-17-40-35)13-15-29(31)30-16-14-26(22-32(30)39)24-8-4-10-28(20-24)38-43-36-34(45-38)12-6-18-41-36/h3-22H,1-2H3. The van der Waals surface area contributed by atoms with Crippen LogP contribution in [0.15, 0.2) is 130 Å². The van der Waals surface area contributed by atoms with E-state index in [9.17, 15) is 0 Å². The SMILES string of the molecule is CC1(C)c2cc(-c3cccc(-c4nc5ncccc5o4)c3)ccc2-c2ccc(-c3cccc(-c4nc5ncccc5o4)c3)cc21. The zero-order valence-corrected chi connectivity index (χ0v) is 24.7. The minimum atomic E-state index is -0.177. The average Bonchev–Trinajstić information content (AvgIpc) is 3.78. The Hall–Kier alpha value is -5.88. The molecule has 6 nitrogen and oxygen atoms in total. The Kier molecular flexibility index (Phi) is 5.44. The van der Waals surface area contributed by atoms with Crippen molar-refractivity contribution in [2.75, 3.05) is 0 Å². The van der Waals surface area contributed by atoms with Crippen molar-refractivity contribution in [2.24, 2.45) is 0 Å². The second-order valence-corrected chi connectivity index (χ2v) is 12.0. The molecular formula is C39H26N4O2. The number of nitrogens with zero attached hydrogens (tertiary/aromatic N) is 4. The smallest absolute Gasteiger partial charge is 0.228 e. The molecule has 9 rings (SSSR count). The molecule has 0 amide bonds. The molecule has 214 valence electrons. The van der Waals surface area contributed by atoms with Gasteiger partial charge < -0.3 is 8.83 Å². The van der Waals surface area contributed by atoms with Crippen LogP contribution >= 0.6 is 0 Å². The number of hydrogen-bond donors (Lipinski definition) is 0. The van der Waals surface area contributed by atoms with Crippen LogP contribution in [0, 0.1) is 0 Å². The summed E-state index contributed by atoms with van der Waals surface area (Å²) in [5, 5.41) is 0. The van der Waals surface area contributed by atoms with Gasteiger partial charge >= 0.3 is 0 Å². The molecule has 4 heterocycles. The van der Waals surface area contributed by atoms with Gasteiger partial charge in [-0.3, -0.25) is 0 Å². The molecule has 0 atom stereocenters. The van der Waals surface area contributed by atoms with Gasteiger partial charge in [0.1, 0.15) is 0 Å². The van der Waals surface area contributed by atoms with Crippen LogP contribution in [0.2, 0.25) is 0 Å². The van der Waals surface area contributed by atoms with Crippen molar-refractivity contribution in [3.05, 3.63) is 133 Å². The number of aromatic nitrogens is 4. The largest absolute Gasteiger partial charge is 0.434 e. The summed E-state index contributed by atoms with van der Waals surface area (Å²) in [7, 11) is 0.